The quantitative estimate of drug-likeness (QED) is 0.730. The van der Waals surface area contributed by atoms with E-state index in [1.165, 1.54) is 0 Å². The van der Waals surface area contributed by atoms with E-state index < -0.39 is 13.8 Å². The van der Waals surface area contributed by atoms with Gasteiger partial charge in [0.2, 0.25) is 0 Å². The summed E-state index contributed by atoms with van der Waals surface area (Å²) in [5, 5.41) is 0. The Bertz CT molecular complexity index is 303. The first-order valence-electron chi connectivity index (χ1n) is 3.23. The minimum absolute atomic E-state index is 0.416. The van der Waals surface area contributed by atoms with Gasteiger partial charge in [0, 0.05) is 10.6 Å². The molecule has 1 rings (SSSR count). The van der Waals surface area contributed by atoms with Crippen molar-refractivity contribution in [2.45, 2.75) is 6.16 Å². The monoisotopic (exact) mass is 248 g/mol. The molecular weight excluding hydrogens is 243 g/mol. The number of halogens is 1. The third-order valence-electron chi connectivity index (χ3n) is 1.29. The molecule has 66 valence electrons. The van der Waals surface area contributed by atoms with Gasteiger partial charge in [-0.05, 0) is 17.7 Å². The molecule has 0 spiro atoms. The van der Waals surface area contributed by atoms with Crippen molar-refractivity contribution in [3.63, 3.8) is 0 Å². The standard InChI is InChI=1S/C7H8BrO3P/c8-7-3-1-6(2-4-7)5-12(9,10)11/h1-4H,5H2,(H2,9,10,11)/p-2. The van der Waals surface area contributed by atoms with Crippen molar-refractivity contribution in [1.82, 2.24) is 0 Å². The van der Waals surface area contributed by atoms with Gasteiger partial charge in [0.25, 0.3) is 0 Å². The first-order chi connectivity index (χ1) is 5.47. The molecular formula is C7H6BrO3P-2. The summed E-state index contributed by atoms with van der Waals surface area (Å²) in [6, 6.07) is 6.61. The molecule has 1 aromatic carbocycles. The second kappa shape index (κ2) is 3.71. The second-order valence-electron chi connectivity index (χ2n) is 2.40. The Hall–Kier alpha value is -0.150. The molecule has 0 aliphatic rings. The lowest BCUT2D eigenvalue weighted by Gasteiger charge is -2.29. The van der Waals surface area contributed by atoms with Crippen molar-refractivity contribution in [1.29, 1.82) is 0 Å². The van der Waals surface area contributed by atoms with Gasteiger partial charge in [-0.3, -0.25) is 0 Å². The van der Waals surface area contributed by atoms with E-state index in [0.29, 0.717) is 5.56 Å². The smallest absolute Gasteiger partial charge is 0.0175 e. The van der Waals surface area contributed by atoms with Crippen molar-refractivity contribution in [3.05, 3.63) is 34.3 Å². The summed E-state index contributed by atoms with van der Waals surface area (Å²) in [5.74, 6) is 0. The number of hydrogen-bond acceptors (Lipinski definition) is 3. The Morgan fingerprint density at radius 3 is 2.17 bits per heavy atom. The van der Waals surface area contributed by atoms with Gasteiger partial charge in [-0.1, -0.05) is 35.7 Å². The predicted molar refractivity (Wildman–Crippen MR) is 45.5 cm³/mol. The van der Waals surface area contributed by atoms with Crippen LogP contribution in [-0.2, 0) is 10.7 Å². The molecule has 0 heterocycles. The van der Waals surface area contributed by atoms with Crippen LogP contribution < -0.4 is 9.79 Å². The highest BCUT2D eigenvalue weighted by atomic mass is 79.9. The van der Waals surface area contributed by atoms with E-state index >= 15 is 0 Å². The minimum Gasteiger partial charge on any atom is -0.810 e. The van der Waals surface area contributed by atoms with E-state index in [0.717, 1.165) is 4.47 Å². The zero-order chi connectivity index (χ0) is 9.19. The topological polar surface area (TPSA) is 63.2 Å². The fourth-order valence-electron chi connectivity index (χ4n) is 0.813. The maximum absolute atomic E-state index is 10.3. The van der Waals surface area contributed by atoms with Crippen LogP contribution in [0, 0.1) is 0 Å². The summed E-state index contributed by atoms with van der Waals surface area (Å²) >= 11 is 3.20. The molecule has 1 aromatic rings. The van der Waals surface area contributed by atoms with Gasteiger partial charge < -0.3 is 14.4 Å². The molecule has 0 saturated heterocycles. The number of rotatable bonds is 2. The molecule has 0 aromatic heterocycles. The van der Waals surface area contributed by atoms with E-state index in [9.17, 15) is 14.4 Å². The summed E-state index contributed by atoms with van der Waals surface area (Å²) in [5.41, 5.74) is 0.520. The Balaban J connectivity index is 2.78. The molecule has 0 unspecified atom stereocenters. The van der Waals surface area contributed by atoms with Crippen LogP contribution in [0.2, 0.25) is 0 Å². The Morgan fingerprint density at radius 1 is 1.25 bits per heavy atom. The van der Waals surface area contributed by atoms with E-state index in [4.69, 9.17) is 0 Å². The molecule has 5 heteroatoms. The van der Waals surface area contributed by atoms with Gasteiger partial charge in [-0.25, -0.2) is 0 Å². The van der Waals surface area contributed by atoms with Crippen molar-refractivity contribution >= 4 is 23.5 Å². The largest absolute Gasteiger partial charge is 0.810 e. The van der Waals surface area contributed by atoms with Gasteiger partial charge in [0.05, 0.1) is 0 Å². The van der Waals surface area contributed by atoms with Gasteiger partial charge >= 0.3 is 0 Å². The number of benzene rings is 1. The Morgan fingerprint density at radius 2 is 1.75 bits per heavy atom. The maximum atomic E-state index is 10.3. The summed E-state index contributed by atoms with van der Waals surface area (Å²) in [6.07, 6.45) is -0.416. The molecule has 0 N–H and O–H groups in total. The van der Waals surface area contributed by atoms with E-state index in [-0.39, 0.29) is 0 Å². The van der Waals surface area contributed by atoms with Crippen molar-refractivity contribution < 1.29 is 14.4 Å². The summed E-state index contributed by atoms with van der Waals surface area (Å²) < 4.78 is 11.2. The van der Waals surface area contributed by atoms with Crippen molar-refractivity contribution in [2.24, 2.45) is 0 Å². The summed E-state index contributed by atoms with van der Waals surface area (Å²) in [7, 11) is -4.42. The average molecular weight is 249 g/mol. The summed E-state index contributed by atoms with van der Waals surface area (Å²) in [4.78, 5) is 20.7. The first-order valence-corrected chi connectivity index (χ1v) is 5.75. The Labute approximate surface area is 78.7 Å². The predicted octanol–water partition coefficient (Wildman–Crippen LogP) is 0.863. The number of hydrogen-bond donors (Lipinski definition) is 0. The highest BCUT2D eigenvalue weighted by molar-refractivity contribution is 9.10. The van der Waals surface area contributed by atoms with Gasteiger partial charge in [0.1, 0.15) is 0 Å². The van der Waals surface area contributed by atoms with Crippen LogP contribution in [0.5, 0.6) is 0 Å². The van der Waals surface area contributed by atoms with Crippen LogP contribution in [0.1, 0.15) is 5.56 Å². The molecule has 0 amide bonds. The van der Waals surface area contributed by atoms with Crippen LogP contribution >= 0.6 is 23.5 Å². The van der Waals surface area contributed by atoms with Crippen LogP contribution in [-0.4, -0.2) is 0 Å². The molecule has 0 aliphatic carbocycles. The van der Waals surface area contributed by atoms with E-state index in [1.54, 1.807) is 24.3 Å². The minimum atomic E-state index is -4.42. The molecule has 12 heavy (non-hydrogen) atoms. The third kappa shape index (κ3) is 3.50. The zero-order valence-corrected chi connectivity index (χ0v) is 8.55. The van der Waals surface area contributed by atoms with E-state index in [2.05, 4.69) is 15.9 Å². The van der Waals surface area contributed by atoms with Gasteiger partial charge in [0.15, 0.2) is 0 Å². The highest BCUT2D eigenvalue weighted by Crippen LogP contribution is 2.29. The van der Waals surface area contributed by atoms with Gasteiger partial charge in [-0.2, -0.15) is 0 Å². The lowest BCUT2D eigenvalue weighted by Crippen LogP contribution is -2.15. The zero-order valence-electron chi connectivity index (χ0n) is 6.07. The molecule has 0 fully saturated rings. The second-order valence-corrected chi connectivity index (χ2v) is 4.85. The third-order valence-corrected chi connectivity index (χ3v) is 2.57. The van der Waals surface area contributed by atoms with Crippen LogP contribution in [0.4, 0.5) is 0 Å². The first kappa shape index (κ1) is 9.93. The SMILES string of the molecule is O=P([O-])([O-])Cc1ccc(Br)cc1. The van der Waals surface area contributed by atoms with Crippen molar-refractivity contribution in [2.75, 3.05) is 0 Å². The maximum Gasteiger partial charge on any atom is 0.0175 e. The molecule has 0 bridgehead atoms. The lowest BCUT2D eigenvalue weighted by atomic mass is 10.2. The van der Waals surface area contributed by atoms with Crippen molar-refractivity contribution in [3.8, 4) is 0 Å². The molecule has 0 aliphatic heterocycles. The Kier molecular flexibility index (Phi) is 3.07. The van der Waals surface area contributed by atoms with Crippen LogP contribution in [0.15, 0.2) is 28.7 Å². The fourth-order valence-corrected chi connectivity index (χ4v) is 1.74. The van der Waals surface area contributed by atoms with Crippen LogP contribution in [0.3, 0.4) is 0 Å². The van der Waals surface area contributed by atoms with E-state index in [1.807, 2.05) is 0 Å². The molecule has 0 atom stereocenters. The fraction of sp³-hybridized carbons (Fsp3) is 0.143. The normalized spacial score (nSPS) is 11.6. The molecule has 0 saturated carbocycles. The molecule has 0 radical (unpaired) electrons. The average Bonchev–Trinajstić information content (AvgIpc) is 1.91. The highest BCUT2D eigenvalue weighted by Gasteiger charge is 1.95. The van der Waals surface area contributed by atoms with Gasteiger partial charge in [-0.15, -0.1) is 0 Å². The summed E-state index contributed by atoms with van der Waals surface area (Å²) in [6.45, 7) is 0. The lowest BCUT2D eigenvalue weighted by molar-refractivity contribution is -0.314. The van der Waals surface area contributed by atoms with Crippen LogP contribution in [0.25, 0.3) is 0 Å². The molecule has 3 nitrogen and oxygen atoms in total.